The van der Waals surface area contributed by atoms with E-state index in [1.165, 1.54) is 12.3 Å². The van der Waals surface area contributed by atoms with Crippen molar-refractivity contribution in [2.45, 2.75) is 32.9 Å². The van der Waals surface area contributed by atoms with Crippen molar-refractivity contribution in [1.82, 2.24) is 14.4 Å². The van der Waals surface area contributed by atoms with Crippen LogP contribution in [0.4, 0.5) is 17.6 Å². The molecule has 0 spiro atoms. The van der Waals surface area contributed by atoms with Crippen molar-refractivity contribution in [2.75, 3.05) is 7.11 Å². The molecule has 4 nitrogen and oxygen atoms in total. The standard InChI is InChI=1S/C24H21F4N3O/c1-13(2)22-23(16-6-8-20(32-4)14(3)9-16)31-12-19(29-11-21(31)30-22)15-5-7-18(25)17(10-15)24(26,27)28/h5-13H,1-4H3. The van der Waals surface area contributed by atoms with Gasteiger partial charge in [0.05, 0.1) is 36.0 Å². The van der Waals surface area contributed by atoms with Crippen molar-refractivity contribution in [3.8, 4) is 28.3 Å². The van der Waals surface area contributed by atoms with Crippen molar-refractivity contribution >= 4 is 5.65 Å². The molecule has 0 unspecified atom stereocenters. The lowest BCUT2D eigenvalue weighted by Gasteiger charge is -2.12. The van der Waals surface area contributed by atoms with E-state index in [2.05, 4.69) is 4.98 Å². The molecule has 0 bridgehead atoms. The highest BCUT2D eigenvalue weighted by Crippen LogP contribution is 2.36. The fourth-order valence-electron chi connectivity index (χ4n) is 3.74. The van der Waals surface area contributed by atoms with Crippen LogP contribution in [0, 0.1) is 12.7 Å². The second-order valence-corrected chi connectivity index (χ2v) is 7.88. The summed E-state index contributed by atoms with van der Waals surface area (Å²) in [5, 5.41) is 0. The van der Waals surface area contributed by atoms with Crippen LogP contribution in [-0.2, 0) is 6.18 Å². The molecule has 0 fully saturated rings. The summed E-state index contributed by atoms with van der Waals surface area (Å²) in [7, 11) is 1.60. The first-order valence-corrected chi connectivity index (χ1v) is 10.00. The maximum Gasteiger partial charge on any atom is 0.419 e. The first kappa shape index (κ1) is 21.8. The van der Waals surface area contributed by atoms with Gasteiger partial charge in [0.15, 0.2) is 5.65 Å². The van der Waals surface area contributed by atoms with Gasteiger partial charge in [0.1, 0.15) is 11.6 Å². The highest BCUT2D eigenvalue weighted by Gasteiger charge is 2.34. The van der Waals surface area contributed by atoms with Gasteiger partial charge in [-0.05, 0) is 54.8 Å². The van der Waals surface area contributed by atoms with E-state index in [0.29, 0.717) is 5.65 Å². The molecule has 0 amide bonds. The molecular formula is C24H21F4N3O. The van der Waals surface area contributed by atoms with E-state index in [1.54, 1.807) is 13.3 Å². The molecule has 2 heterocycles. The minimum atomic E-state index is -4.80. The topological polar surface area (TPSA) is 39.4 Å². The minimum Gasteiger partial charge on any atom is -0.496 e. The monoisotopic (exact) mass is 443 g/mol. The van der Waals surface area contributed by atoms with E-state index in [4.69, 9.17) is 9.72 Å². The molecule has 4 aromatic rings. The molecule has 8 heteroatoms. The van der Waals surface area contributed by atoms with Crippen molar-refractivity contribution in [3.05, 3.63) is 71.4 Å². The Balaban J connectivity index is 1.93. The summed E-state index contributed by atoms with van der Waals surface area (Å²) < 4.78 is 60.5. The Labute approximate surface area is 182 Å². The molecule has 0 atom stereocenters. The van der Waals surface area contributed by atoms with E-state index in [1.807, 2.05) is 43.4 Å². The van der Waals surface area contributed by atoms with Gasteiger partial charge >= 0.3 is 6.18 Å². The first-order valence-electron chi connectivity index (χ1n) is 10.00. The first-order chi connectivity index (χ1) is 15.1. The van der Waals surface area contributed by atoms with E-state index < -0.39 is 17.6 Å². The van der Waals surface area contributed by atoms with Crippen molar-refractivity contribution in [3.63, 3.8) is 0 Å². The third kappa shape index (κ3) is 3.81. The number of alkyl halides is 3. The van der Waals surface area contributed by atoms with E-state index in [9.17, 15) is 17.6 Å². The predicted molar refractivity (Wildman–Crippen MR) is 114 cm³/mol. The van der Waals surface area contributed by atoms with E-state index in [-0.39, 0.29) is 17.2 Å². The van der Waals surface area contributed by atoms with Gasteiger partial charge in [-0.1, -0.05) is 13.8 Å². The molecule has 2 aromatic heterocycles. The van der Waals surface area contributed by atoms with Gasteiger partial charge in [0.2, 0.25) is 0 Å². The van der Waals surface area contributed by atoms with E-state index in [0.717, 1.165) is 40.4 Å². The van der Waals surface area contributed by atoms with Gasteiger partial charge in [-0.15, -0.1) is 0 Å². The van der Waals surface area contributed by atoms with Crippen molar-refractivity contribution in [1.29, 1.82) is 0 Å². The molecule has 0 aliphatic carbocycles. The number of hydrogen-bond acceptors (Lipinski definition) is 3. The van der Waals surface area contributed by atoms with Crippen LogP contribution in [0.25, 0.3) is 28.2 Å². The number of rotatable bonds is 4. The molecule has 0 aliphatic heterocycles. The molecule has 0 N–H and O–H groups in total. The number of methoxy groups -OCH3 is 1. The largest absolute Gasteiger partial charge is 0.496 e. The predicted octanol–water partition coefficient (Wildman–Crippen LogP) is 6.66. The van der Waals surface area contributed by atoms with Gasteiger partial charge in [0, 0.05) is 17.3 Å². The summed E-state index contributed by atoms with van der Waals surface area (Å²) in [4.78, 5) is 8.98. The summed E-state index contributed by atoms with van der Waals surface area (Å²) in [6, 6.07) is 8.64. The van der Waals surface area contributed by atoms with Crippen LogP contribution >= 0.6 is 0 Å². The maximum absolute atomic E-state index is 13.7. The van der Waals surface area contributed by atoms with Crippen LogP contribution < -0.4 is 4.74 Å². The molecule has 2 aromatic carbocycles. The Kier molecular flexibility index (Phi) is 5.40. The van der Waals surface area contributed by atoms with Crippen LogP contribution in [0.2, 0.25) is 0 Å². The smallest absolute Gasteiger partial charge is 0.419 e. The van der Waals surface area contributed by atoms with Crippen molar-refractivity contribution in [2.24, 2.45) is 0 Å². The summed E-state index contributed by atoms with van der Waals surface area (Å²) in [5.74, 6) is -0.470. The zero-order valence-electron chi connectivity index (χ0n) is 18.0. The second-order valence-electron chi connectivity index (χ2n) is 7.88. The fourth-order valence-corrected chi connectivity index (χ4v) is 3.74. The zero-order chi connectivity index (χ0) is 23.2. The average Bonchev–Trinajstić information content (AvgIpc) is 3.12. The molecule has 166 valence electrons. The van der Waals surface area contributed by atoms with Crippen LogP contribution in [0.3, 0.4) is 0 Å². The molecule has 0 saturated carbocycles. The zero-order valence-corrected chi connectivity index (χ0v) is 18.0. The third-order valence-electron chi connectivity index (χ3n) is 5.32. The number of benzene rings is 2. The number of ether oxygens (including phenoxy) is 1. The number of fused-ring (bicyclic) bond motifs is 1. The number of nitrogens with zero attached hydrogens (tertiary/aromatic N) is 3. The number of imidazole rings is 1. The SMILES string of the molecule is COc1ccc(-c2c(C(C)C)nc3cnc(-c4ccc(F)c(C(F)(F)F)c4)cn23)cc1C. The number of aromatic nitrogens is 3. The second kappa shape index (κ2) is 7.93. The summed E-state index contributed by atoms with van der Waals surface area (Å²) >= 11 is 0. The minimum absolute atomic E-state index is 0.0958. The van der Waals surface area contributed by atoms with Crippen LogP contribution in [0.15, 0.2) is 48.8 Å². The van der Waals surface area contributed by atoms with Gasteiger partial charge in [-0.3, -0.25) is 9.38 Å². The molecule has 0 radical (unpaired) electrons. The Bertz CT molecular complexity index is 1310. The molecule has 0 saturated heterocycles. The highest BCUT2D eigenvalue weighted by molar-refractivity contribution is 5.71. The van der Waals surface area contributed by atoms with Crippen LogP contribution in [0.1, 0.15) is 36.6 Å². The Hall–Kier alpha value is -3.42. The number of aryl methyl sites for hydroxylation is 1. The molecule has 4 rings (SSSR count). The fraction of sp³-hybridized carbons (Fsp3) is 0.250. The van der Waals surface area contributed by atoms with Crippen LogP contribution in [-0.4, -0.2) is 21.5 Å². The molecule has 0 aliphatic rings. The molecule has 32 heavy (non-hydrogen) atoms. The lowest BCUT2D eigenvalue weighted by molar-refractivity contribution is -0.139. The average molecular weight is 443 g/mol. The maximum atomic E-state index is 13.7. The Morgan fingerprint density at radius 2 is 1.75 bits per heavy atom. The summed E-state index contributed by atoms with van der Waals surface area (Å²) in [6.45, 7) is 5.97. The highest BCUT2D eigenvalue weighted by atomic mass is 19.4. The van der Waals surface area contributed by atoms with Crippen LogP contribution in [0.5, 0.6) is 5.75 Å². The summed E-state index contributed by atoms with van der Waals surface area (Å²) in [5.41, 5.74) is 3.19. The normalized spacial score (nSPS) is 12.0. The number of hydrogen-bond donors (Lipinski definition) is 0. The molecular weight excluding hydrogens is 422 g/mol. The Morgan fingerprint density at radius 1 is 1.03 bits per heavy atom. The van der Waals surface area contributed by atoms with Gasteiger partial charge < -0.3 is 4.74 Å². The number of halogens is 4. The summed E-state index contributed by atoms with van der Waals surface area (Å²) in [6.07, 6.45) is -1.65. The third-order valence-corrected chi connectivity index (χ3v) is 5.32. The Morgan fingerprint density at radius 3 is 2.38 bits per heavy atom. The quantitative estimate of drug-likeness (QED) is 0.331. The lowest BCUT2D eigenvalue weighted by atomic mass is 10.0. The lowest BCUT2D eigenvalue weighted by Crippen LogP contribution is -2.08. The van der Waals surface area contributed by atoms with Gasteiger partial charge in [0.25, 0.3) is 0 Å². The van der Waals surface area contributed by atoms with Gasteiger partial charge in [-0.2, -0.15) is 13.2 Å². The van der Waals surface area contributed by atoms with Gasteiger partial charge in [-0.25, -0.2) is 9.37 Å². The van der Waals surface area contributed by atoms with E-state index >= 15 is 0 Å². The van der Waals surface area contributed by atoms with Crippen molar-refractivity contribution < 1.29 is 22.3 Å².